The third-order valence-electron chi connectivity index (χ3n) is 3.38. The number of halogens is 2. The number of fused-ring (bicyclic) bond motifs is 1. The summed E-state index contributed by atoms with van der Waals surface area (Å²) in [6.07, 6.45) is 3.88. The fourth-order valence-electron chi connectivity index (χ4n) is 2.29. The van der Waals surface area contributed by atoms with Crippen molar-refractivity contribution >= 4 is 24.0 Å². The minimum absolute atomic E-state index is 0. The minimum Gasteiger partial charge on any atom is -0.462 e. The first-order chi connectivity index (χ1) is 8.67. The average molecular weight is 306 g/mol. The number of aryl methyl sites for hydroxylation is 1. The monoisotopic (exact) mass is 305 g/mol. The fraction of sp³-hybridized carbons (Fsp3) is 0.643. The Morgan fingerprint density at radius 1 is 1.53 bits per heavy atom. The molecular formula is C14H21Cl2NO2. The van der Waals surface area contributed by atoms with E-state index in [2.05, 4.69) is 18.8 Å². The lowest BCUT2D eigenvalue weighted by molar-refractivity contribution is -0.138. The van der Waals surface area contributed by atoms with E-state index in [1.165, 1.54) is 0 Å². The van der Waals surface area contributed by atoms with Crippen molar-refractivity contribution in [1.82, 2.24) is 4.98 Å². The van der Waals surface area contributed by atoms with E-state index < -0.39 is 0 Å². The molecule has 0 radical (unpaired) electrons. The van der Waals surface area contributed by atoms with Gasteiger partial charge in [0.15, 0.2) is 0 Å². The van der Waals surface area contributed by atoms with Crippen LogP contribution in [0.4, 0.5) is 0 Å². The lowest BCUT2D eigenvalue weighted by atomic mass is 10.0. The molecule has 0 saturated carbocycles. The van der Waals surface area contributed by atoms with E-state index in [1.807, 2.05) is 13.1 Å². The fourth-order valence-corrected chi connectivity index (χ4v) is 2.52. The Hall–Kier alpha value is -0.510. The molecule has 2 rings (SSSR count). The zero-order valence-corrected chi connectivity index (χ0v) is 13.2. The van der Waals surface area contributed by atoms with Gasteiger partial charge in [0.05, 0.1) is 12.3 Å². The van der Waals surface area contributed by atoms with Gasteiger partial charge in [-0.15, -0.1) is 24.0 Å². The lowest BCUT2D eigenvalue weighted by Gasteiger charge is -2.31. The molecule has 19 heavy (non-hydrogen) atoms. The summed E-state index contributed by atoms with van der Waals surface area (Å²) in [5.41, 5.74) is 2.96. The molecule has 0 fully saturated rings. The van der Waals surface area contributed by atoms with E-state index in [4.69, 9.17) is 21.1 Å². The number of hydrogen-bond acceptors (Lipinski definition) is 3. The largest absolute Gasteiger partial charge is 0.462 e. The molecule has 0 spiro atoms. The van der Waals surface area contributed by atoms with Crippen molar-refractivity contribution in [3.8, 4) is 5.75 Å². The topological polar surface area (TPSA) is 31.4 Å². The maximum Gasteiger partial charge on any atom is 0.202 e. The Morgan fingerprint density at radius 3 is 2.89 bits per heavy atom. The molecule has 2 atom stereocenters. The zero-order chi connectivity index (χ0) is 13.1. The molecule has 2 heterocycles. The summed E-state index contributed by atoms with van der Waals surface area (Å²) in [6.45, 7) is 6.86. The minimum atomic E-state index is -0.163. The van der Waals surface area contributed by atoms with Gasteiger partial charge in [-0.1, -0.05) is 20.3 Å². The zero-order valence-electron chi connectivity index (χ0n) is 11.6. The number of hydrogen-bond donors (Lipinski definition) is 0. The van der Waals surface area contributed by atoms with Gasteiger partial charge in [0.2, 0.25) is 6.29 Å². The van der Waals surface area contributed by atoms with Crippen LogP contribution in [-0.4, -0.2) is 11.3 Å². The number of aromatic nitrogens is 1. The van der Waals surface area contributed by atoms with Crippen LogP contribution in [0.25, 0.3) is 0 Å². The maximum absolute atomic E-state index is 5.98. The summed E-state index contributed by atoms with van der Waals surface area (Å²) in [7, 11) is 0. The summed E-state index contributed by atoms with van der Waals surface area (Å²) in [6, 6.07) is 0. The molecule has 1 aliphatic rings. The quantitative estimate of drug-likeness (QED) is 0.780. The first kappa shape index (κ1) is 16.5. The van der Waals surface area contributed by atoms with E-state index in [0.29, 0.717) is 18.4 Å². The van der Waals surface area contributed by atoms with Gasteiger partial charge < -0.3 is 9.47 Å². The van der Waals surface area contributed by atoms with E-state index in [-0.39, 0.29) is 18.7 Å². The Labute approximate surface area is 126 Å². The smallest absolute Gasteiger partial charge is 0.202 e. The second kappa shape index (κ2) is 7.32. The number of ether oxygens (including phenoxy) is 2. The van der Waals surface area contributed by atoms with E-state index in [9.17, 15) is 0 Å². The van der Waals surface area contributed by atoms with Gasteiger partial charge in [-0.05, 0) is 18.9 Å². The maximum atomic E-state index is 5.98. The van der Waals surface area contributed by atoms with Gasteiger partial charge in [-0.2, -0.15) is 0 Å². The first-order valence-corrected chi connectivity index (χ1v) is 7.02. The number of rotatable bonds is 4. The van der Waals surface area contributed by atoms with Crippen molar-refractivity contribution in [3.05, 3.63) is 23.0 Å². The molecule has 1 aromatic heterocycles. The highest BCUT2D eigenvalue weighted by Crippen LogP contribution is 2.34. The van der Waals surface area contributed by atoms with Crippen LogP contribution in [0.3, 0.4) is 0 Å². The first-order valence-electron chi connectivity index (χ1n) is 6.49. The predicted octanol–water partition coefficient (Wildman–Crippen LogP) is 4.22. The molecule has 3 nitrogen and oxygen atoms in total. The average Bonchev–Trinajstić information content (AvgIpc) is 2.39. The molecule has 108 valence electrons. The molecule has 0 aromatic carbocycles. The van der Waals surface area contributed by atoms with Gasteiger partial charge in [-0.3, -0.25) is 4.98 Å². The lowest BCUT2D eigenvalue weighted by Crippen LogP contribution is -2.32. The van der Waals surface area contributed by atoms with E-state index >= 15 is 0 Å². The summed E-state index contributed by atoms with van der Waals surface area (Å²) in [5, 5.41) is 0. The van der Waals surface area contributed by atoms with Crippen molar-refractivity contribution in [2.45, 2.75) is 52.4 Å². The Morgan fingerprint density at radius 2 is 2.26 bits per heavy atom. The van der Waals surface area contributed by atoms with Crippen LogP contribution in [-0.2, 0) is 17.2 Å². The standard InChI is InChI=1S/C14H20ClNO2.ClH/c1-4-5-9(2)14-17-8-12-11(6-15)7-16-10(3)13(12)18-14;/h7,9,14H,4-6,8H2,1-3H3;1H. The Kier molecular flexibility index (Phi) is 6.37. The van der Waals surface area contributed by atoms with Crippen molar-refractivity contribution in [2.24, 2.45) is 5.92 Å². The molecule has 0 saturated heterocycles. The molecule has 1 aliphatic heterocycles. The van der Waals surface area contributed by atoms with E-state index in [0.717, 1.165) is 35.4 Å². The van der Waals surface area contributed by atoms with Crippen LogP contribution in [0.15, 0.2) is 6.20 Å². The molecule has 1 aromatic rings. The van der Waals surface area contributed by atoms with Crippen molar-refractivity contribution in [1.29, 1.82) is 0 Å². The summed E-state index contributed by atoms with van der Waals surface area (Å²) in [5.74, 6) is 1.70. The van der Waals surface area contributed by atoms with Crippen molar-refractivity contribution < 1.29 is 9.47 Å². The molecule has 0 amide bonds. The molecule has 0 N–H and O–H groups in total. The third-order valence-corrected chi connectivity index (χ3v) is 3.67. The third kappa shape index (κ3) is 3.53. The van der Waals surface area contributed by atoms with Crippen molar-refractivity contribution in [3.63, 3.8) is 0 Å². The van der Waals surface area contributed by atoms with Gasteiger partial charge in [0, 0.05) is 23.6 Å². The molecule has 2 unspecified atom stereocenters. The highest BCUT2D eigenvalue weighted by atomic mass is 35.5. The normalized spacial score (nSPS) is 19.1. The van der Waals surface area contributed by atoms with Crippen molar-refractivity contribution in [2.75, 3.05) is 0 Å². The summed E-state index contributed by atoms with van der Waals surface area (Å²) in [4.78, 5) is 4.34. The number of nitrogens with zero attached hydrogens (tertiary/aromatic N) is 1. The van der Waals surface area contributed by atoms with Gasteiger partial charge in [0.25, 0.3) is 0 Å². The molecule has 0 aliphatic carbocycles. The molecule has 0 bridgehead atoms. The highest BCUT2D eigenvalue weighted by Gasteiger charge is 2.28. The van der Waals surface area contributed by atoms with Crippen LogP contribution >= 0.6 is 24.0 Å². The summed E-state index contributed by atoms with van der Waals surface area (Å²) >= 11 is 5.91. The van der Waals surface area contributed by atoms with Gasteiger partial charge in [0.1, 0.15) is 5.75 Å². The van der Waals surface area contributed by atoms with Crippen LogP contribution in [0.2, 0.25) is 0 Å². The molecule has 5 heteroatoms. The van der Waals surface area contributed by atoms with Crippen LogP contribution in [0.5, 0.6) is 5.75 Å². The SMILES string of the molecule is CCCC(C)C1OCc2c(CCl)cnc(C)c2O1.Cl. The number of alkyl halides is 1. The second-order valence-corrected chi connectivity index (χ2v) is 5.14. The highest BCUT2D eigenvalue weighted by molar-refractivity contribution is 6.17. The molecular weight excluding hydrogens is 285 g/mol. The predicted molar refractivity (Wildman–Crippen MR) is 79.1 cm³/mol. The Bertz CT molecular complexity index is 426. The van der Waals surface area contributed by atoms with Crippen LogP contribution in [0.1, 0.15) is 43.5 Å². The van der Waals surface area contributed by atoms with Crippen LogP contribution < -0.4 is 4.74 Å². The van der Waals surface area contributed by atoms with Crippen LogP contribution in [0, 0.1) is 12.8 Å². The summed E-state index contributed by atoms with van der Waals surface area (Å²) < 4.78 is 11.8. The number of pyridine rings is 1. The van der Waals surface area contributed by atoms with Gasteiger partial charge in [-0.25, -0.2) is 0 Å². The van der Waals surface area contributed by atoms with E-state index in [1.54, 1.807) is 0 Å². The van der Waals surface area contributed by atoms with Gasteiger partial charge >= 0.3 is 0 Å². The Balaban J connectivity index is 0.00000180. The second-order valence-electron chi connectivity index (χ2n) is 4.87.